The van der Waals surface area contributed by atoms with Crippen molar-refractivity contribution in [2.24, 2.45) is 0 Å². The molecule has 0 saturated heterocycles. The van der Waals surface area contributed by atoms with Crippen LogP contribution in [0, 0.1) is 13.8 Å². The van der Waals surface area contributed by atoms with Crippen molar-refractivity contribution in [3.05, 3.63) is 47.5 Å². The smallest absolute Gasteiger partial charge is 0.162 e. The maximum atomic E-state index is 6.73. The third-order valence-corrected chi connectivity index (χ3v) is 12.6. The normalized spacial score (nSPS) is 26.4. The van der Waals surface area contributed by atoms with Crippen LogP contribution in [0.15, 0.2) is 36.4 Å². The van der Waals surface area contributed by atoms with Crippen molar-refractivity contribution in [3.63, 3.8) is 0 Å². The molecule has 0 saturated carbocycles. The van der Waals surface area contributed by atoms with Gasteiger partial charge in [-0.2, -0.15) is 0 Å². The van der Waals surface area contributed by atoms with Crippen LogP contribution in [0.3, 0.4) is 0 Å². The number of hydrogen-bond donors (Lipinski definition) is 0. The molecule has 0 bridgehead atoms. The Morgan fingerprint density at radius 2 is 1.00 bits per heavy atom. The van der Waals surface area contributed by atoms with Crippen molar-refractivity contribution in [1.82, 2.24) is 0 Å². The molecule has 2 aromatic rings. The van der Waals surface area contributed by atoms with Crippen LogP contribution >= 0.6 is 15.8 Å². The van der Waals surface area contributed by atoms with Crippen LogP contribution in [0.5, 0.6) is 11.5 Å². The maximum Gasteiger partial charge on any atom is 0.162 e. The highest BCUT2D eigenvalue weighted by molar-refractivity contribution is 7.72. The zero-order valence-electron chi connectivity index (χ0n) is 18.3. The summed E-state index contributed by atoms with van der Waals surface area (Å²) in [7, 11) is -1.03. The molecule has 0 N–H and O–H groups in total. The van der Waals surface area contributed by atoms with Gasteiger partial charge in [0.25, 0.3) is 0 Å². The standard InChI is InChI=1S/C24H32O2P2/c1-15-11-9-13-17-19(15)27(23(3,4)5)21(25-17)22-26-18-14-10-12-16(2)20(18)28(22)24(6,7)8/h9-14,21-22H,1-8H3/t21-,22-,27+,28+/m0/s1. The Hall–Kier alpha value is -1.10. The first kappa shape index (κ1) is 20.2. The molecule has 0 aliphatic carbocycles. The molecule has 150 valence electrons. The van der Waals surface area contributed by atoms with E-state index in [1.807, 2.05) is 0 Å². The van der Waals surface area contributed by atoms with Crippen LogP contribution < -0.4 is 20.1 Å². The Labute approximate surface area is 172 Å². The number of aryl methyl sites for hydroxylation is 2. The molecule has 2 aliphatic heterocycles. The van der Waals surface area contributed by atoms with E-state index in [4.69, 9.17) is 9.47 Å². The lowest BCUT2D eigenvalue weighted by molar-refractivity contribution is 0.171. The van der Waals surface area contributed by atoms with E-state index in [-0.39, 0.29) is 22.0 Å². The zero-order valence-corrected chi connectivity index (χ0v) is 20.1. The molecule has 2 aliphatic rings. The van der Waals surface area contributed by atoms with E-state index in [0.717, 1.165) is 11.5 Å². The van der Waals surface area contributed by atoms with Gasteiger partial charge in [-0.1, -0.05) is 65.8 Å². The lowest BCUT2D eigenvalue weighted by atomic mass is 10.2. The quantitative estimate of drug-likeness (QED) is 0.514. The summed E-state index contributed by atoms with van der Waals surface area (Å²) in [5.74, 6) is 2.35. The first-order chi connectivity index (χ1) is 13.0. The summed E-state index contributed by atoms with van der Waals surface area (Å²) in [6.45, 7) is 18.6. The summed E-state index contributed by atoms with van der Waals surface area (Å²) in [6, 6.07) is 13.0. The number of hydrogen-bond acceptors (Lipinski definition) is 2. The lowest BCUT2D eigenvalue weighted by Gasteiger charge is -2.39. The van der Waals surface area contributed by atoms with E-state index >= 15 is 0 Å². The molecule has 0 radical (unpaired) electrons. The van der Waals surface area contributed by atoms with Crippen molar-refractivity contribution < 1.29 is 9.47 Å². The summed E-state index contributed by atoms with van der Waals surface area (Å²) >= 11 is 0. The van der Waals surface area contributed by atoms with E-state index in [0.29, 0.717) is 0 Å². The molecule has 2 aromatic carbocycles. The fraction of sp³-hybridized carbons (Fsp3) is 0.500. The van der Waals surface area contributed by atoms with Crippen LogP contribution in [0.4, 0.5) is 0 Å². The Bertz CT molecular complexity index is 832. The SMILES string of the molecule is Cc1cccc2c1[P@@](C(C)(C)C)[C@@H]([C@H]1Oc3cccc(C)c3[P@@]1C(C)(C)C)O2. The van der Waals surface area contributed by atoms with Crippen molar-refractivity contribution >= 4 is 26.5 Å². The van der Waals surface area contributed by atoms with Crippen molar-refractivity contribution in [3.8, 4) is 11.5 Å². The molecule has 4 rings (SSSR count). The van der Waals surface area contributed by atoms with E-state index < -0.39 is 15.8 Å². The minimum atomic E-state index is -0.514. The summed E-state index contributed by atoms with van der Waals surface area (Å²) in [5.41, 5.74) is 2.71. The summed E-state index contributed by atoms with van der Waals surface area (Å²) in [4.78, 5) is 0. The van der Waals surface area contributed by atoms with Crippen LogP contribution in [-0.2, 0) is 0 Å². The third kappa shape index (κ3) is 3.18. The second-order valence-electron chi connectivity index (χ2n) is 9.94. The molecule has 0 fully saturated rings. The molecule has 4 atom stereocenters. The van der Waals surface area contributed by atoms with Gasteiger partial charge in [0.1, 0.15) is 11.5 Å². The highest BCUT2D eigenvalue weighted by Crippen LogP contribution is 2.68. The van der Waals surface area contributed by atoms with Crippen molar-refractivity contribution in [1.29, 1.82) is 0 Å². The Kier molecular flexibility index (Phi) is 4.84. The molecule has 2 heterocycles. The minimum absolute atomic E-state index is 0.100. The third-order valence-electron chi connectivity index (χ3n) is 5.58. The largest absolute Gasteiger partial charge is 0.481 e. The fourth-order valence-electron chi connectivity index (χ4n) is 4.50. The molecular formula is C24H32O2P2. The molecular weight excluding hydrogens is 382 g/mol. The second-order valence-corrected chi connectivity index (χ2v) is 16.0. The van der Waals surface area contributed by atoms with Gasteiger partial charge in [-0.15, -0.1) is 0 Å². The van der Waals surface area contributed by atoms with Gasteiger partial charge >= 0.3 is 0 Å². The van der Waals surface area contributed by atoms with Gasteiger partial charge in [0, 0.05) is 10.6 Å². The Balaban J connectivity index is 1.84. The number of fused-ring (bicyclic) bond motifs is 2. The second kappa shape index (κ2) is 6.72. The first-order valence-corrected chi connectivity index (χ1v) is 12.9. The van der Waals surface area contributed by atoms with Gasteiger partial charge in [-0.3, -0.25) is 0 Å². The van der Waals surface area contributed by atoms with Crippen LogP contribution in [0.25, 0.3) is 0 Å². The predicted molar refractivity (Wildman–Crippen MR) is 124 cm³/mol. The fourth-order valence-corrected chi connectivity index (χ4v) is 11.4. The maximum absolute atomic E-state index is 6.73. The predicted octanol–water partition coefficient (Wildman–Crippen LogP) is 6.25. The Morgan fingerprint density at radius 1 is 0.643 bits per heavy atom. The monoisotopic (exact) mass is 414 g/mol. The molecule has 0 aromatic heterocycles. The number of ether oxygens (including phenoxy) is 2. The van der Waals surface area contributed by atoms with Crippen molar-refractivity contribution in [2.45, 2.75) is 77.4 Å². The molecule has 4 heteroatoms. The van der Waals surface area contributed by atoms with E-state index in [2.05, 4.69) is 91.8 Å². The van der Waals surface area contributed by atoms with Crippen LogP contribution in [0.1, 0.15) is 52.7 Å². The van der Waals surface area contributed by atoms with Crippen LogP contribution in [-0.4, -0.2) is 22.0 Å². The van der Waals surface area contributed by atoms with Crippen LogP contribution in [0.2, 0.25) is 0 Å². The van der Waals surface area contributed by atoms with E-state index in [1.54, 1.807) is 0 Å². The molecule has 0 amide bonds. The summed E-state index contributed by atoms with van der Waals surface area (Å²) in [6.07, 6.45) is 0. The Morgan fingerprint density at radius 3 is 1.32 bits per heavy atom. The first-order valence-electron chi connectivity index (χ1n) is 10.1. The van der Waals surface area contributed by atoms with Gasteiger partial charge in [-0.25, -0.2) is 0 Å². The van der Waals surface area contributed by atoms with Gasteiger partial charge in [-0.05, 0) is 63.3 Å². The van der Waals surface area contributed by atoms with Gasteiger partial charge < -0.3 is 9.47 Å². The van der Waals surface area contributed by atoms with Gasteiger partial charge in [0.2, 0.25) is 0 Å². The minimum Gasteiger partial charge on any atom is -0.481 e. The number of rotatable bonds is 1. The summed E-state index contributed by atoms with van der Waals surface area (Å²) in [5, 5.41) is 3.19. The van der Waals surface area contributed by atoms with E-state index in [9.17, 15) is 0 Å². The highest BCUT2D eigenvalue weighted by atomic mass is 31.1. The van der Waals surface area contributed by atoms with Crippen molar-refractivity contribution in [2.75, 3.05) is 0 Å². The van der Waals surface area contributed by atoms with Gasteiger partial charge in [0.15, 0.2) is 11.7 Å². The molecule has 0 spiro atoms. The molecule has 0 unspecified atom stereocenters. The topological polar surface area (TPSA) is 18.5 Å². The average Bonchev–Trinajstić information content (AvgIpc) is 3.13. The lowest BCUT2D eigenvalue weighted by Crippen LogP contribution is -2.38. The molecule has 28 heavy (non-hydrogen) atoms. The zero-order chi connectivity index (χ0) is 20.4. The highest BCUT2D eigenvalue weighted by Gasteiger charge is 2.54. The van der Waals surface area contributed by atoms with Gasteiger partial charge in [0.05, 0.1) is 0 Å². The molecule has 2 nitrogen and oxygen atoms in total. The summed E-state index contributed by atoms with van der Waals surface area (Å²) < 4.78 is 13.5. The average molecular weight is 414 g/mol. The van der Waals surface area contributed by atoms with E-state index in [1.165, 1.54) is 21.7 Å². The number of benzene rings is 2.